The lowest BCUT2D eigenvalue weighted by atomic mass is 9.85. The summed E-state index contributed by atoms with van der Waals surface area (Å²) in [6.07, 6.45) is 5.58. The summed E-state index contributed by atoms with van der Waals surface area (Å²) in [7, 11) is 0. The Kier molecular flexibility index (Phi) is 5.38. The maximum Gasteiger partial charge on any atom is 0.226 e. The maximum atomic E-state index is 5.67. The minimum atomic E-state index is 0.615. The van der Waals surface area contributed by atoms with Gasteiger partial charge in [0.1, 0.15) is 6.26 Å². The Labute approximate surface area is 156 Å². The Morgan fingerprint density at radius 3 is 2.62 bits per heavy atom. The van der Waals surface area contributed by atoms with Gasteiger partial charge in [0, 0.05) is 24.2 Å². The summed E-state index contributed by atoms with van der Waals surface area (Å²) in [6, 6.07) is 11.4. The molecule has 2 saturated heterocycles. The largest absolute Gasteiger partial charge is 0.444 e. The molecule has 0 radical (unpaired) electrons. The summed E-state index contributed by atoms with van der Waals surface area (Å²) < 4.78 is 5.67. The van der Waals surface area contributed by atoms with Crippen LogP contribution in [0.4, 0.5) is 0 Å². The molecule has 2 atom stereocenters. The van der Waals surface area contributed by atoms with Crippen LogP contribution in [-0.4, -0.2) is 35.1 Å². The first kappa shape index (κ1) is 17.7. The van der Waals surface area contributed by atoms with Gasteiger partial charge >= 0.3 is 0 Å². The van der Waals surface area contributed by atoms with Crippen LogP contribution in [0.25, 0.3) is 11.5 Å². The summed E-state index contributed by atoms with van der Waals surface area (Å²) in [5.41, 5.74) is 9.10. The van der Waals surface area contributed by atoms with Crippen molar-refractivity contribution in [3.63, 3.8) is 0 Å². The van der Waals surface area contributed by atoms with Crippen LogP contribution in [0, 0.1) is 11.8 Å². The fourth-order valence-electron chi connectivity index (χ4n) is 4.19. The molecule has 1 aromatic heterocycles. The number of hydrogen-bond acceptors (Lipinski definition) is 5. The molecule has 2 unspecified atom stereocenters. The van der Waals surface area contributed by atoms with Crippen LogP contribution < -0.4 is 10.9 Å². The van der Waals surface area contributed by atoms with Crippen molar-refractivity contribution in [1.29, 1.82) is 0 Å². The predicted molar refractivity (Wildman–Crippen MR) is 103 cm³/mol. The molecule has 26 heavy (non-hydrogen) atoms. The number of nitrogens with one attached hydrogen (secondary N) is 2. The SMILES string of the molecule is CC(C)C1CC(C2CCN(Cc3coc(-c4ccccc4)n3)CC2)NN1. The molecule has 0 amide bonds. The first-order valence-electron chi connectivity index (χ1n) is 9.92. The fourth-order valence-corrected chi connectivity index (χ4v) is 4.19. The van der Waals surface area contributed by atoms with E-state index in [2.05, 4.69) is 34.6 Å². The summed E-state index contributed by atoms with van der Waals surface area (Å²) in [4.78, 5) is 7.18. The third kappa shape index (κ3) is 4.00. The average molecular weight is 354 g/mol. The van der Waals surface area contributed by atoms with E-state index < -0.39 is 0 Å². The molecule has 5 nitrogen and oxygen atoms in total. The molecule has 5 heteroatoms. The lowest BCUT2D eigenvalue weighted by Crippen LogP contribution is -2.42. The van der Waals surface area contributed by atoms with E-state index in [-0.39, 0.29) is 0 Å². The Morgan fingerprint density at radius 1 is 1.15 bits per heavy atom. The van der Waals surface area contributed by atoms with Crippen molar-refractivity contribution in [3.8, 4) is 11.5 Å². The van der Waals surface area contributed by atoms with E-state index in [1.54, 1.807) is 0 Å². The zero-order chi connectivity index (χ0) is 17.9. The van der Waals surface area contributed by atoms with Gasteiger partial charge in [0.05, 0.1) is 5.69 Å². The summed E-state index contributed by atoms with van der Waals surface area (Å²) in [5, 5.41) is 0. The number of oxazole rings is 1. The Morgan fingerprint density at radius 2 is 1.92 bits per heavy atom. The highest BCUT2D eigenvalue weighted by Crippen LogP contribution is 2.28. The summed E-state index contributed by atoms with van der Waals surface area (Å²) >= 11 is 0. The minimum Gasteiger partial charge on any atom is -0.444 e. The highest BCUT2D eigenvalue weighted by molar-refractivity contribution is 5.52. The van der Waals surface area contributed by atoms with Gasteiger partial charge in [0.15, 0.2) is 0 Å². The van der Waals surface area contributed by atoms with E-state index in [0.29, 0.717) is 18.0 Å². The number of benzene rings is 1. The fraction of sp³-hybridized carbons (Fsp3) is 0.571. The molecule has 0 aliphatic carbocycles. The van der Waals surface area contributed by atoms with Gasteiger partial charge in [-0.3, -0.25) is 15.8 Å². The van der Waals surface area contributed by atoms with Crippen LogP contribution in [0.15, 0.2) is 41.0 Å². The molecule has 2 aliphatic rings. The normalized spacial score (nSPS) is 25.2. The van der Waals surface area contributed by atoms with Crippen molar-refractivity contribution in [1.82, 2.24) is 20.7 Å². The molecule has 2 fully saturated rings. The first-order chi connectivity index (χ1) is 12.7. The van der Waals surface area contributed by atoms with E-state index in [4.69, 9.17) is 4.42 Å². The lowest BCUT2D eigenvalue weighted by Gasteiger charge is -2.34. The molecule has 2 aliphatic heterocycles. The second-order valence-corrected chi connectivity index (χ2v) is 8.10. The number of hydrazine groups is 1. The van der Waals surface area contributed by atoms with Gasteiger partial charge in [-0.05, 0) is 56.3 Å². The average Bonchev–Trinajstić information content (AvgIpc) is 3.33. The van der Waals surface area contributed by atoms with Crippen molar-refractivity contribution in [2.45, 2.75) is 51.7 Å². The highest BCUT2D eigenvalue weighted by atomic mass is 16.3. The van der Waals surface area contributed by atoms with Crippen LogP contribution in [0.1, 0.15) is 38.8 Å². The number of likely N-dealkylation sites (tertiary alicyclic amines) is 1. The first-order valence-corrected chi connectivity index (χ1v) is 9.92. The van der Waals surface area contributed by atoms with E-state index >= 15 is 0 Å². The van der Waals surface area contributed by atoms with Gasteiger partial charge in [0.2, 0.25) is 5.89 Å². The number of hydrogen-bond donors (Lipinski definition) is 2. The topological polar surface area (TPSA) is 53.3 Å². The molecular weight excluding hydrogens is 324 g/mol. The number of nitrogens with zero attached hydrogens (tertiary/aromatic N) is 2. The van der Waals surface area contributed by atoms with Gasteiger partial charge in [-0.15, -0.1) is 0 Å². The number of piperidine rings is 1. The molecule has 3 heterocycles. The Hall–Kier alpha value is -1.69. The van der Waals surface area contributed by atoms with Crippen LogP contribution in [0.2, 0.25) is 0 Å². The van der Waals surface area contributed by atoms with Crippen LogP contribution in [-0.2, 0) is 6.54 Å². The standard InChI is InChI=1S/C21H30N4O/c1-15(2)19-12-20(24-23-19)16-8-10-25(11-9-16)13-18-14-26-21(22-18)17-6-4-3-5-7-17/h3-7,14-16,19-20,23-24H,8-13H2,1-2H3. The monoisotopic (exact) mass is 354 g/mol. The van der Waals surface area contributed by atoms with Gasteiger partial charge in [-0.2, -0.15) is 0 Å². The number of rotatable bonds is 5. The molecule has 2 N–H and O–H groups in total. The molecule has 2 aromatic rings. The molecule has 1 aromatic carbocycles. The molecule has 4 rings (SSSR count). The second kappa shape index (κ2) is 7.91. The van der Waals surface area contributed by atoms with E-state index in [9.17, 15) is 0 Å². The maximum absolute atomic E-state index is 5.67. The quantitative estimate of drug-likeness (QED) is 0.861. The van der Waals surface area contributed by atoms with Gasteiger partial charge in [-0.1, -0.05) is 32.0 Å². The van der Waals surface area contributed by atoms with Crippen LogP contribution in [0.5, 0.6) is 0 Å². The van der Waals surface area contributed by atoms with Crippen LogP contribution in [0.3, 0.4) is 0 Å². The Balaban J connectivity index is 1.28. The summed E-state index contributed by atoms with van der Waals surface area (Å²) in [6.45, 7) is 7.76. The van der Waals surface area contributed by atoms with Gasteiger partial charge in [0.25, 0.3) is 0 Å². The van der Waals surface area contributed by atoms with Crippen molar-refractivity contribution in [3.05, 3.63) is 42.3 Å². The van der Waals surface area contributed by atoms with Crippen molar-refractivity contribution in [2.75, 3.05) is 13.1 Å². The summed E-state index contributed by atoms with van der Waals surface area (Å²) in [5.74, 6) is 2.19. The van der Waals surface area contributed by atoms with Crippen molar-refractivity contribution in [2.24, 2.45) is 11.8 Å². The zero-order valence-electron chi connectivity index (χ0n) is 15.8. The minimum absolute atomic E-state index is 0.615. The van der Waals surface area contributed by atoms with E-state index in [0.717, 1.165) is 42.7 Å². The van der Waals surface area contributed by atoms with Gasteiger partial charge in [-0.25, -0.2) is 4.98 Å². The van der Waals surface area contributed by atoms with Crippen molar-refractivity contribution >= 4 is 0 Å². The Bertz CT molecular complexity index is 691. The van der Waals surface area contributed by atoms with E-state index in [1.807, 2.05) is 36.6 Å². The molecular formula is C21H30N4O. The molecule has 0 saturated carbocycles. The third-order valence-electron chi connectivity index (χ3n) is 5.93. The third-order valence-corrected chi connectivity index (χ3v) is 5.93. The molecule has 140 valence electrons. The van der Waals surface area contributed by atoms with Crippen LogP contribution >= 0.6 is 0 Å². The molecule has 0 spiro atoms. The highest BCUT2D eigenvalue weighted by Gasteiger charge is 2.33. The number of aromatic nitrogens is 1. The van der Waals surface area contributed by atoms with E-state index in [1.165, 1.54) is 19.3 Å². The molecule has 0 bridgehead atoms. The van der Waals surface area contributed by atoms with Gasteiger partial charge < -0.3 is 4.42 Å². The predicted octanol–water partition coefficient (Wildman–Crippen LogP) is 3.44. The van der Waals surface area contributed by atoms with Crippen molar-refractivity contribution < 1.29 is 4.42 Å². The second-order valence-electron chi connectivity index (χ2n) is 8.10. The zero-order valence-corrected chi connectivity index (χ0v) is 15.8. The smallest absolute Gasteiger partial charge is 0.226 e. The lowest BCUT2D eigenvalue weighted by molar-refractivity contribution is 0.154.